The van der Waals surface area contributed by atoms with E-state index in [0.29, 0.717) is 0 Å². The van der Waals surface area contributed by atoms with E-state index in [1.165, 1.54) is 19.2 Å². The summed E-state index contributed by atoms with van der Waals surface area (Å²) < 4.78 is 10.3. The molecule has 1 rings (SSSR count). The van der Waals surface area contributed by atoms with Gasteiger partial charge < -0.3 is 25.8 Å². The largest absolute Gasteiger partial charge is 0.493 e. The number of amides is 3. The normalized spacial score (nSPS) is 10.3. The van der Waals surface area contributed by atoms with Crippen LogP contribution in [0.3, 0.4) is 0 Å². The molecule has 1 aromatic rings. The Balaban J connectivity index is 2.74. The lowest BCUT2D eigenvalue weighted by atomic mass is 10.2. The molecule has 0 spiro atoms. The van der Waals surface area contributed by atoms with Crippen molar-refractivity contribution in [1.29, 1.82) is 0 Å². The van der Waals surface area contributed by atoms with Gasteiger partial charge in [0.05, 0.1) is 12.1 Å². The maximum Gasteiger partial charge on any atom is 0.255 e. The first-order chi connectivity index (χ1) is 11.7. The van der Waals surface area contributed by atoms with Gasteiger partial charge in [-0.2, -0.15) is 0 Å². The Morgan fingerprint density at radius 2 is 1.96 bits per heavy atom. The first kappa shape index (κ1) is 20.6. The molecule has 0 fully saturated rings. The van der Waals surface area contributed by atoms with Crippen LogP contribution in [0.4, 0.5) is 0 Å². The number of ether oxygens (including phenoxy) is 2. The van der Waals surface area contributed by atoms with Crippen LogP contribution < -0.4 is 25.8 Å². The van der Waals surface area contributed by atoms with Crippen molar-refractivity contribution in [2.75, 3.05) is 20.3 Å². The molecule has 8 nitrogen and oxygen atoms in total. The molecule has 3 amide bonds. The standard InChI is InChI=1S/C16H22ClN3O5/c1-9(2)20-14(22)4-5-19-16(23)10-6-11(17)15(12(7-10)24-3)25-8-13(18)21/h6-7,9H,4-5,8H2,1-3H3,(H2,18,21)(H,19,23)(H,20,22). The maximum absolute atomic E-state index is 12.2. The highest BCUT2D eigenvalue weighted by Crippen LogP contribution is 2.36. The number of carbonyl (C=O) groups excluding carboxylic acids is 3. The van der Waals surface area contributed by atoms with E-state index in [1.54, 1.807) is 0 Å². The Morgan fingerprint density at radius 3 is 2.52 bits per heavy atom. The van der Waals surface area contributed by atoms with Gasteiger partial charge in [-0.25, -0.2) is 0 Å². The van der Waals surface area contributed by atoms with Crippen LogP contribution in [0.2, 0.25) is 5.02 Å². The average Bonchev–Trinajstić information content (AvgIpc) is 2.51. The first-order valence-electron chi connectivity index (χ1n) is 7.60. The molecule has 0 saturated heterocycles. The minimum absolute atomic E-state index is 0.0409. The van der Waals surface area contributed by atoms with Crippen LogP contribution in [0, 0.1) is 0 Å². The van der Waals surface area contributed by atoms with E-state index in [9.17, 15) is 14.4 Å². The molecule has 4 N–H and O–H groups in total. The zero-order chi connectivity index (χ0) is 19.0. The van der Waals surface area contributed by atoms with Gasteiger partial charge >= 0.3 is 0 Å². The number of nitrogens with two attached hydrogens (primary N) is 1. The molecule has 0 radical (unpaired) electrons. The van der Waals surface area contributed by atoms with Crippen molar-refractivity contribution in [3.05, 3.63) is 22.7 Å². The lowest BCUT2D eigenvalue weighted by Gasteiger charge is -2.13. The maximum atomic E-state index is 12.2. The predicted molar refractivity (Wildman–Crippen MR) is 92.9 cm³/mol. The van der Waals surface area contributed by atoms with Gasteiger partial charge in [-0.15, -0.1) is 0 Å². The summed E-state index contributed by atoms with van der Waals surface area (Å²) in [6, 6.07) is 2.84. The van der Waals surface area contributed by atoms with E-state index in [0.717, 1.165) is 0 Å². The first-order valence-corrected chi connectivity index (χ1v) is 7.98. The zero-order valence-electron chi connectivity index (χ0n) is 14.3. The number of halogens is 1. The summed E-state index contributed by atoms with van der Waals surface area (Å²) in [6.07, 6.45) is 0.161. The summed E-state index contributed by atoms with van der Waals surface area (Å²) in [5.41, 5.74) is 5.26. The Bertz CT molecular complexity index is 649. The average molecular weight is 372 g/mol. The van der Waals surface area contributed by atoms with Crippen LogP contribution in [0.15, 0.2) is 12.1 Å². The lowest BCUT2D eigenvalue weighted by molar-refractivity contribution is -0.121. The molecule has 0 atom stereocenters. The van der Waals surface area contributed by atoms with Gasteiger partial charge in [-0.05, 0) is 26.0 Å². The molecule has 0 aromatic heterocycles. The summed E-state index contributed by atoms with van der Waals surface area (Å²) in [7, 11) is 1.38. The van der Waals surface area contributed by atoms with Gasteiger partial charge in [0.15, 0.2) is 18.1 Å². The summed E-state index contributed by atoms with van der Waals surface area (Å²) in [6.45, 7) is 3.52. The summed E-state index contributed by atoms with van der Waals surface area (Å²) in [5.74, 6) is -0.924. The second-order valence-corrected chi connectivity index (χ2v) is 5.88. The van der Waals surface area contributed by atoms with Gasteiger partial charge in [0.25, 0.3) is 11.8 Å². The smallest absolute Gasteiger partial charge is 0.255 e. The molecule has 1 aromatic carbocycles. The molecular formula is C16H22ClN3O5. The van der Waals surface area contributed by atoms with Gasteiger partial charge in [0.1, 0.15) is 0 Å². The van der Waals surface area contributed by atoms with E-state index in [4.69, 9.17) is 26.8 Å². The van der Waals surface area contributed by atoms with Gasteiger partial charge in [0, 0.05) is 24.6 Å². The predicted octanol–water partition coefficient (Wildman–Crippen LogP) is 0.857. The molecule has 0 heterocycles. The van der Waals surface area contributed by atoms with Crippen molar-refractivity contribution in [3.63, 3.8) is 0 Å². The summed E-state index contributed by atoms with van der Waals surface area (Å²) >= 11 is 6.08. The molecule has 0 unspecified atom stereocenters. The van der Waals surface area contributed by atoms with Crippen LogP contribution in [0.5, 0.6) is 11.5 Å². The third-order valence-electron chi connectivity index (χ3n) is 2.94. The van der Waals surface area contributed by atoms with E-state index in [2.05, 4.69) is 10.6 Å². The van der Waals surface area contributed by atoms with Crippen molar-refractivity contribution in [3.8, 4) is 11.5 Å². The number of rotatable bonds is 9. The van der Waals surface area contributed by atoms with E-state index in [1.807, 2.05) is 13.8 Å². The highest BCUT2D eigenvalue weighted by atomic mass is 35.5. The number of primary amides is 1. The number of hydrogen-bond acceptors (Lipinski definition) is 5. The fourth-order valence-corrected chi connectivity index (χ4v) is 2.19. The monoisotopic (exact) mass is 371 g/mol. The quantitative estimate of drug-likeness (QED) is 0.594. The summed E-state index contributed by atoms with van der Waals surface area (Å²) in [4.78, 5) is 34.5. The number of carbonyl (C=O) groups is 3. The molecule has 0 aliphatic rings. The van der Waals surface area contributed by atoms with Gasteiger partial charge in [-0.3, -0.25) is 14.4 Å². The van der Waals surface area contributed by atoms with Crippen LogP contribution >= 0.6 is 11.6 Å². The fraction of sp³-hybridized carbons (Fsp3) is 0.438. The lowest BCUT2D eigenvalue weighted by Crippen LogP contribution is -2.34. The second-order valence-electron chi connectivity index (χ2n) is 5.47. The van der Waals surface area contributed by atoms with Crippen LogP contribution in [-0.4, -0.2) is 44.0 Å². The van der Waals surface area contributed by atoms with E-state index in [-0.39, 0.29) is 53.6 Å². The van der Waals surface area contributed by atoms with Crippen molar-refractivity contribution < 1.29 is 23.9 Å². The van der Waals surface area contributed by atoms with Crippen LogP contribution in [0.25, 0.3) is 0 Å². The third kappa shape index (κ3) is 6.88. The molecule has 0 bridgehead atoms. The van der Waals surface area contributed by atoms with Crippen molar-refractivity contribution in [2.24, 2.45) is 5.73 Å². The topological polar surface area (TPSA) is 120 Å². The molecular weight excluding hydrogens is 350 g/mol. The number of nitrogens with one attached hydrogen (secondary N) is 2. The summed E-state index contributed by atoms with van der Waals surface area (Å²) in [5, 5.41) is 5.45. The van der Waals surface area contributed by atoms with E-state index >= 15 is 0 Å². The number of hydrogen-bond donors (Lipinski definition) is 3. The Morgan fingerprint density at radius 1 is 1.28 bits per heavy atom. The number of methoxy groups -OCH3 is 1. The van der Waals surface area contributed by atoms with Crippen LogP contribution in [-0.2, 0) is 9.59 Å². The highest BCUT2D eigenvalue weighted by Gasteiger charge is 2.16. The molecule has 25 heavy (non-hydrogen) atoms. The Hall–Kier alpha value is -2.48. The molecule has 0 aliphatic carbocycles. The van der Waals surface area contributed by atoms with Gasteiger partial charge in [-0.1, -0.05) is 11.6 Å². The molecule has 138 valence electrons. The minimum Gasteiger partial charge on any atom is -0.493 e. The minimum atomic E-state index is -0.667. The van der Waals surface area contributed by atoms with Gasteiger partial charge in [0.2, 0.25) is 5.91 Å². The van der Waals surface area contributed by atoms with Crippen molar-refractivity contribution in [1.82, 2.24) is 10.6 Å². The SMILES string of the molecule is COc1cc(C(=O)NCCC(=O)NC(C)C)cc(Cl)c1OCC(N)=O. The highest BCUT2D eigenvalue weighted by molar-refractivity contribution is 6.32. The molecule has 0 aliphatic heterocycles. The van der Waals surface area contributed by atoms with Crippen LogP contribution in [0.1, 0.15) is 30.6 Å². The number of benzene rings is 1. The Labute approximate surface area is 151 Å². The third-order valence-corrected chi connectivity index (χ3v) is 3.22. The Kier molecular flexibility index (Phi) is 8.00. The molecule has 9 heteroatoms. The second kappa shape index (κ2) is 9.73. The zero-order valence-corrected chi connectivity index (χ0v) is 15.1. The molecule has 0 saturated carbocycles. The van der Waals surface area contributed by atoms with E-state index < -0.39 is 11.8 Å². The fourth-order valence-electron chi connectivity index (χ4n) is 1.92. The van der Waals surface area contributed by atoms with Crippen molar-refractivity contribution >= 4 is 29.3 Å². The van der Waals surface area contributed by atoms with Crippen molar-refractivity contribution in [2.45, 2.75) is 26.3 Å².